The Balaban J connectivity index is 1.99. The van der Waals surface area contributed by atoms with Gasteiger partial charge in [0.1, 0.15) is 12.4 Å². The molecule has 19 heavy (non-hydrogen) atoms. The number of non-ortho nitro benzene ring substituents is 1. The molecule has 0 fully saturated rings. The minimum Gasteiger partial charge on any atom is -0.489 e. The summed E-state index contributed by atoms with van der Waals surface area (Å²) in [6.45, 7) is 0.344. The quantitative estimate of drug-likeness (QED) is 0.661. The van der Waals surface area contributed by atoms with Gasteiger partial charge in [0.05, 0.1) is 11.5 Å². The molecule has 5 nitrogen and oxygen atoms in total. The molecule has 0 aromatic heterocycles. The van der Waals surface area contributed by atoms with Gasteiger partial charge in [-0.2, -0.15) is 0 Å². The third kappa shape index (κ3) is 3.53. The van der Waals surface area contributed by atoms with E-state index in [1.165, 1.54) is 12.1 Å². The maximum Gasteiger partial charge on any atom is 0.269 e. The first-order chi connectivity index (χ1) is 9.19. The maximum absolute atomic E-state index is 10.5. The van der Waals surface area contributed by atoms with E-state index in [-0.39, 0.29) is 12.3 Å². The topological polar surface area (TPSA) is 72.6 Å². The van der Waals surface area contributed by atoms with Crippen LogP contribution in [0.2, 0.25) is 0 Å². The first-order valence-electron chi connectivity index (χ1n) is 5.75. The Bertz CT molecular complexity index is 566. The van der Waals surface area contributed by atoms with Crippen molar-refractivity contribution in [3.8, 4) is 5.75 Å². The zero-order valence-corrected chi connectivity index (χ0v) is 10.2. The molecular weight excluding hydrogens is 246 g/mol. The van der Waals surface area contributed by atoms with E-state index in [1.54, 1.807) is 12.1 Å². The van der Waals surface area contributed by atoms with Crippen LogP contribution in [-0.4, -0.2) is 10.0 Å². The van der Waals surface area contributed by atoms with Gasteiger partial charge in [-0.15, -0.1) is 0 Å². The summed E-state index contributed by atoms with van der Waals surface area (Å²) in [5.41, 5.74) is 1.80. The molecule has 0 amide bonds. The Morgan fingerprint density at radius 1 is 1.11 bits per heavy atom. The van der Waals surface area contributed by atoms with Gasteiger partial charge in [-0.3, -0.25) is 10.1 Å². The van der Waals surface area contributed by atoms with E-state index in [2.05, 4.69) is 0 Å². The molecule has 0 aliphatic carbocycles. The Hall–Kier alpha value is -2.40. The number of benzene rings is 2. The lowest BCUT2D eigenvalue weighted by Gasteiger charge is -2.07. The molecule has 0 saturated heterocycles. The number of ether oxygens (including phenoxy) is 1. The summed E-state index contributed by atoms with van der Waals surface area (Å²) in [5.74, 6) is 0.569. The summed E-state index contributed by atoms with van der Waals surface area (Å²) in [7, 11) is 0. The van der Waals surface area contributed by atoms with Crippen LogP contribution in [0.3, 0.4) is 0 Å². The van der Waals surface area contributed by atoms with Gasteiger partial charge >= 0.3 is 0 Å². The van der Waals surface area contributed by atoms with Crippen LogP contribution in [0.1, 0.15) is 11.1 Å². The standard InChI is InChI=1S/C14H13NO4/c16-9-11-2-1-3-12(8-11)10-19-14-6-4-13(5-7-14)15(17)18/h1-8,16H,9-10H2. The molecule has 0 aliphatic heterocycles. The number of nitro benzene ring substituents is 1. The second-order valence-corrected chi connectivity index (χ2v) is 4.02. The Kier molecular flexibility index (Phi) is 4.10. The number of nitro groups is 1. The molecule has 0 aliphatic rings. The first-order valence-corrected chi connectivity index (χ1v) is 5.75. The maximum atomic E-state index is 10.5. The predicted octanol–water partition coefficient (Wildman–Crippen LogP) is 2.67. The van der Waals surface area contributed by atoms with Crippen molar-refractivity contribution < 1.29 is 14.8 Å². The van der Waals surface area contributed by atoms with Crippen molar-refractivity contribution in [1.29, 1.82) is 0 Å². The first kappa shape index (κ1) is 13.0. The molecular formula is C14H13NO4. The highest BCUT2D eigenvalue weighted by molar-refractivity contribution is 5.36. The number of aliphatic hydroxyl groups excluding tert-OH is 1. The van der Waals surface area contributed by atoms with E-state index in [1.807, 2.05) is 24.3 Å². The van der Waals surface area contributed by atoms with E-state index in [4.69, 9.17) is 9.84 Å². The molecule has 0 spiro atoms. The fourth-order valence-corrected chi connectivity index (χ4v) is 1.65. The summed E-state index contributed by atoms with van der Waals surface area (Å²) < 4.78 is 5.52. The number of rotatable bonds is 5. The Morgan fingerprint density at radius 2 is 1.79 bits per heavy atom. The molecule has 98 valence electrons. The van der Waals surface area contributed by atoms with Crippen molar-refractivity contribution in [2.45, 2.75) is 13.2 Å². The van der Waals surface area contributed by atoms with Crippen molar-refractivity contribution in [3.63, 3.8) is 0 Å². The molecule has 2 rings (SSSR count). The summed E-state index contributed by atoms with van der Waals surface area (Å²) in [6.07, 6.45) is 0. The van der Waals surface area contributed by atoms with Gasteiger partial charge < -0.3 is 9.84 Å². The molecule has 1 N–H and O–H groups in total. The monoisotopic (exact) mass is 259 g/mol. The van der Waals surface area contributed by atoms with Gasteiger partial charge in [0.2, 0.25) is 0 Å². The fourth-order valence-electron chi connectivity index (χ4n) is 1.65. The third-order valence-electron chi connectivity index (χ3n) is 2.63. The molecule has 0 saturated carbocycles. The number of hydrogen-bond acceptors (Lipinski definition) is 4. The highest BCUT2D eigenvalue weighted by Crippen LogP contribution is 2.18. The lowest BCUT2D eigenvalue weighted by molar-refractivity contribution is -0.384. The van der Waals surface area contributed by atoms with Crippen molar-refractivity contribution in [1.82, 2.24) is 0 Å². The van der Waals surface area contributed by atoms with E-state index in [0.29, 0.717) is 12.4 Å². The average molecular weight is 259 g/mol. The molecule has 0 atom stereocenters. The van der Waals surface area contributed by atoms with Gasteiger partial charge in [0.15, 0.2) is 0 Å². The zero-order chi connectivity index (χ0) is 13.7. The van der Waals surface area contributed by atoms with Gasteiger partial charge in [-0.05, 0) is 23.3 Å². The summed E-state index contributed by atoms with van der Waals surface area (Å²) in [6, 6.07) is 13.4. The van der Waals surface area contributed by atoms with Crippen LogP contribution in [-0.2, 0) is 13.2 Å². The number of aliphatic hydroxyl groups is 1. The van der Waals surface area contributed by atoms with E-state index < -0.39 is 4.92 Å². The minimum atomic E-state index is -0.450. The summed E-state index contributed by atoms with van der Waals surface area (Å²) in [5, 5.41) is 19.5. The van der Waals surface area contributed by atoms with E-state index in [0.717, 1.165) is 11.1 Å². The van der Waals surface area contributed by atoms with Crippen molar-refractivity contribution in [2.24, 2.45) is 0 Å². The van der Waals surface area contributed by atoms with Gasteiger partial charge in [0.25, 0.3) is 5.69 Å². The second-order valence-electron chi connectivity index (χ2n) is 4.02. The molecule has 5 heteroatoms. The van der Waals surface area contributed by atoms with Crippen LogP contribution in [0.5, 0.6) is 5.75 Å². The highest BCUT2D eigenvalue weighted by Gasteiger charge is 2.04. The van der Waals surface area contributed by atoms with Crippen LogP contribution in [0.25, 0.3) is 0 Å². The number of hydrogen-bond donors (Lipinski definition) is 1. The third-order valence-corrected chi connectivity index (χ3v) is 2.63. The van der Waals surface area contributed by atoms with Crippen LogP contribution in [0.4, 0.5) is 5.69 Å². The molecule has 2 aromatic carbocycles. The molecule has 0 heterocycles. The average Bonchev–Trinajstić information content (AvgIpc) is 2.46. The summed E-state index contributed by atoms with van der Waals surface area (Å²) >= 11 is 0. The second kappa shape index (κ2) is 5.97. The molecule has 0 radical (unpaired) electrons. The summed E-state index contributed by atoms with van der Waals surface area (Å²) in [4.78, 5) is 10.1. The molecule has 0 unspecified atom stereocenters. The smallest absolute Gasteiger partial charge is 0.269 e. The highest BCUT2D eigenvalue weighted by atomic mass is 16.6. The van der Waals surface area contributed by atoms with Crippen LogP contribution < -0.4 is 4.74 Å². The number of nitrogens with zero attached hydrogens (tertiary/aromatic N) is 1. The minimum absolute atomic E-state index is 0.00856. The lowest BCUT2D eigenvalue weighted by Crippen LogP contribution is -1.97. The fraction of sp³-hybridized carbons (Fsp3) is 0.143. The normalized spacial score (nSPS) is 10.2. The van der Waals surface area contributed by atoms with Crippen LogP contribution in [0.15, 0.2) is 48.5 Å². The SMILES string of the molecule is O=[N+]([O-])c1ccc(OCc2cccc(CO)c2)cc1. The lowest BCUT2D eigenvalue weighted by atomic mass is 10.1. The van der Waals surface area contributed by atoms with Gasteiger partial charge in [0, 0.05) is 12.1 Å². The van der Waals surface area contributed by atoms with Crippen molar-refractivity contribution in [3.05, 3.63) is 69.8 Å². The van der Waals surface area contributed by atoms with Crippen molar-refractivity contribution >= 4 is 5.69 Å². The van der Waals surface area contributed by atoms with Gasteiger partial charge in [-0.25, -0.2) is 0 Å². The molecule has 0 bridgehead atoms. The van der Waals surface area contributed by atoms with Crippen LogP contribution >= 0.6 is 0 Å². The Labute approximate surface area is 110 Å². The largest absolute Gasteiger partial charge is 0.489 e. The van der Waals surface area contributed by atoms with E-state index >= 15 is 0 Å². The molecule has 2 aromatic rings. The zero-order valence-electron chi connectivity index (χ0n) is 10.2. The van der Waals surface area contributed by atoms with E-state index in [9.17, 15) is 10.1 Å². The van der Waals surface area contributed by atoms with Crippen LogP contribution in [0, 0.1) is 10.1 Å². The predicted molar refractivity (Wildman–Crippen MR) is 69.8 cm³/mol. The van der Waals surface area contributed by atoms with Gasteiger partial charge in [-0.1, -0.05) is 24.3 Å². The van der Waals surface area contributed by atoms with Crippen molar-refractivity contribution in [2.75, 3.05) is 0 Å². The Morgan fingerprint density at radius 3 is 2.42 bits per heavy atom.